The van der Waals surface area contributed by atoms with E-state index in [0.29, 0.717) is 5.92 Å². The van der Waals surface area contributed by atoms with Gasteiger partial charge in [-0.25, -0.2) is 0 Å². The van der Waals surface area contributed by atoms with Gasteiger partial charge in [0.25, 0.3) is 0 Å². The summed E-state index contributed by atoms with van der Waals surface area (Å²) in [6.45, 7) is 5.10. The fraction of sp³-hybridized carbons (Fsp3) is 0.750. The highest BCUT2D eigenvalue weighted by atomic mass is 32.1. The van der Waals surface area contributed by atoms with E-state index in [1.54, 1.807) is 11.5 Å². The predicted octanol–water partition coefficient (Wildman–Crippen LogP) is 0.717. The first-order valence-corrected chi connectivity index (χ1v) is 7.40. The van der Waals surface area contributed by atoms with Crippen LogP contribution in [-0.2, 0) is 0 Å². The van der Waals surface area contributed by atoms with E-state index in [9.17, 15) is 0 Å². The number of nitrogen functional groups attached to an aromatic ring is 1. The predicted molar refractivity (Wildman–Crippen MR) is 74.2 cm³/mol. The van der Waals surface area contributed by atoms with Crippen LogP contribution >= 0.6 is 11.5 Å². The van der Waals surface area contributed by atoms with Crippen LogP contribution in [0, 0.1) is 0 Å². The maximum absolute atomic E-state index is 8.95. The fourth-order valence-corrected chi connectivity index (χ4v) is 3.55. The number of aliphatic hydroxyl groups is 1. The average Bonchev–Trinajstić information content (AvgIpc) is 3.14. The lowest BCUT2D eigenvalue weighted by Gasteiger charge is -2.35. The second-order valence-corrected chi connectivity index (χ2v) is 5.87. The van der Waals surface area contributed by atoms with Gasteiger partial charge in [0.15, 0.2) is 0 Å². The van der Waals surface area contributed by atoms with Crippen LogP contribution in [-0.4, -0.2) is 53.7 Å². The second-order valence-electron chi connectivity index (χ2n) is 5.11. The lowest BCUT2D eigenvalue weighted by atomic mass is 10.2. The van der Waals surface area contributed by atoms with Crippen LogP contribution in [0.1, 0.15) is 24.3 Å². The number of piperazine rings is 1. The van der Waals surface area contributed by atoms with Crippen molar-refractivity contribution in [1.82, 2.24) is 9.27 Å². The first kappa shape index (κ1) is 12.2. The Morgan fingerprint density at radius 1 is 1.28 bits per heavy atom. The third-order valence-corrected chi connectivity index (χ3v) is 4.74. The number of nitrogens with two attached hydrogens (primary N) is 1. The monoisotopic (exact) mass is 268 g/mol. The number of β-amino-alcohol motifs (C(OH)–C–C–N with tert-alkyl or cyclic N) is 1. The summed E-state index contributed by atoms with van der Waals surface area (Å²) in [5.74, 6) is 1.41. The van der Waals surface area contributed by atoms with Crippen molar-refractivity contribution in [2.45, 2.75) is 18.8 Å². The lowest BCUT2D eigenvalue weighted by molar-refractivity contribution is 0.189. The standard InChI is InChI=1S/C12H20N4OS/c13-11-10(9-1-2-9)12(18-14-11)16-5-3-15(4-6-16)7-8-17/h9,17H,1-8H2,(H2,13,14). The normalized spacial score (nSPS) is 21.5. The molecular formula is C12H20N4OS. The molecule has 3 N–H and O–H groups in total. The van der Waals surface area contributed by atoms with Gasteiger partial charge in [0.1, 0.15) is 10.8 Å². The molecule has 6 heteroatoms. The molecule has 1 aromatic rings. The molecule has 2 aliphatic rings. The van der Waals surface area contributed by atoms with Gasteiger partial charge >= 0.3 is 0 Å². The number of aliphatic hydroxyl groups excluding tert-OH is 1. The topological polar surface area (TPSA) is 65.6 Å². The molecule has 2 fully saturated rings. The Hall–Kier alpha value is -0.850. The van der Waals surface area contributed by atoms with E-state index in [1.807, 2.05) is 0 Å². The lowest BCUT2D eigenvalue weighted by Crippen LogP contribution is -2.47. The minimum atomic E-state index is 0.251. The van der Waals surface area contributed by atoms with E-state index in [0.717, 1.165) is 38.5 Å². The summed E-state index contributed by atoms with van der Waals surface area (Å²) in [7, 11) is 0. The smallest absolute Gasteiger partial charge is 0.142 e. The third-order valence-electron chi connectivity index (χ3n) is 3.80. The van der Waals surface area contributed by atoms with E-state index < -0.39 is 0 Å². The Kier molecular flexibility index (Phi) is 3.41. The molecule has 2 heterocycles. The van der Waals surface area contributed by atoms with Gasteiger partial charge in [0.05, 0.1) is 6.61 Å². The third kappa shape index (κ3) is 2.32. The number of nitrogens with zero attached hydrogens (tertiary/aromatic N) is 3. The van der Waals surface area contributed by atoms with Crippen LogP contribution in [0.3, 0.4) is 0 Å². The summed E-state index contributed by atoms with van der Waals surface area (Å²) in [6, 6.07) is 0. The SMILES string of the molecule is Nc1nsc(N2CCN(CCO)CC2)c1C1CC1. The van der Waals surface area contributed by atoms with Gasteiger partial charge in [-0.3, -0.25) is 4.90 Å². The molecule has 1 aliphatic heterocycles. The quantitative estimate of drug-likeness (QED) is 0.842. The van der Waals surface area contributed by atoms with Gasteiger partial charge in [-0.05, 0) is 30.3 Å². The highest BCUT2D eigenvalue weighted by Gasteiger charge is 2.33. The molecule has 3 rings (SSSR count). The molecule has 0 spiro atoms. The van der Waals surface area contributed by atoms with Crippen LogP contribution in [0.25, 0.3) is 0 Å². The summed E-state index contributed by atoms with van der Waals surface area (Å²) in [5.41, 5.74) is 7.29. The maximum Gasteiger partial charge on any atom is 0.142 e. The highest BCUT2D eigenvalue weighted by molar-refractivity contribution is 7.10. The van der Waals surface area contributed by atoms with E-state index >= 15 is 0 Å². The molecule has 1 aromatic heterocycles. The number of hydrogen-bond acceptors (Lipinski definition) is 6. The number of anilines is 2. The Morgan fingerprint density at radius 3 is 2.61 bits per heavy atom. The van der Waals surface area contributed by atoms with Crippen molar-refractivity contribution in [2.24, 2.45) is 0 Å². The molecule has 0 aromatic carbocycles. The van der Waals surface area contributed by atoms with Crippen molar-refractivity contribution in [3.8, 4) is 0 Å². The molecule has 0 atom stereocenters. The first-order valence-electron chi connectivity index (χ1n) is 6.63. The van der Waals surface area contributed by atoms with Crippen molar-refractivity contribution >= 4 is 22.4 Å². The van der Waals surface area contributed by atoms with Crippen molar-refractivity contribution in [2.75, 3.05) is 50.0 Å². The minimum Gasteiger partial charge on any atom is -0.395 e. The molecule has 1 aliphatic carbocycles. The van der Waals surface area contributed by atoms with E-state index in [4.69, 9.17) is 10.8 Å². The van der Waals surface area contributed by atoms with Gasteiger partial charge in [-0.2, -0.15) is 4.37 Å². The summed E-state index contributed by atoms with van der Waals surface area (Å²) >= 11 is 1.55. The number of rotatable bonds is 4. The van der Waals surface area contributed by atoms with Crippen LogP contribution < -0.4 is 10.6 Å². The second kappa shape index (κ2) is 5.03. The molecule has 1 saturated heterocycles. The largest absolute Gasteiger partial charge is 0.395 e. The number of hydrogen-bond donors (Lipinski definition) is 2. The van der Waals surface area contributed by atoms with Gasteiger partial charge in [-0.15, -0.1) is 0 Å². The van der Waals surface area contributed by atoms with Crippen LogP contribution in [0.4, 0.5) is 10.8 Å². The molecule has 18 heavy (non-hydrogen) atoms. The van der Waals surface area contributed by atoms with Crippen LogP contribution in [0.2, 0.25) is 0 Å². The Balaban J connectivity index is 1.69. The zero-order valence-electron chi connectivity index (χ0n) is 10.5. The molecular weight excluding hydrogens is 248 g/mol. The minimum absolute atomic E-state index is 0.251. The van der Waals surface area contributed by atoms with Gasteiger partial charge in [-0.1, -0.05) is 0 Å². The van der Waals surface area contributed by atoms with Gasteiger partial charge in [0, 0.05) is 38.3 Å². The summed E-state index contributed by atoms with van der Waals surface area (Å²) < 4.78 is 4.33. The van der Waals surface area contributed by atoms with E-state index in [1.165, 1.54) is 23.4 Å². The number of aromatic nitrogens is 1. The Bertz CT molecular complexity index is 410. The van der Waals surface area contributed by atoms with Gasteiger partial charge < -0.3 is 15.7 Å². The zero-order chi connectivity index (χ0) is 12.5. The Labute approximate surface area is 111 Å². The van der Waals surface area contributed by atoms with Crippen molar-refractivity contribution < 1.29 is 5.11 Å². The van der Waals surface area contributed by atoms with Gasteiger partial charge in [0.2, 0.25) is 0 Å². The average molecular weight is 268 g/mol. The van der Waals surface area contributed by atoms with Crippen molar-refractivity contribution in [3.63, 3.8) is 0 Å². The molecule has 0 bridgehead atoms. The summed E-state index contributed by atoms with van der Waals surface area (Å²) in [6.07, 6.45) is 2.53. The molecule has 100 valence electrons. The Morgan fingerprint density at radius 2 is 2.00 bits per heavy atom. The summed E-state index contributed by atoms with van der Waals surface area (Å²) in [5, 5.41) is 10.2. The molecule has 5 nitrogen and oxygen atoms in total. The molecule has 0 radical (unpaired) electrons. The zero-order valence-corrected chi connectivity index (χ0v) is 11.3. The van der Waals surface area contributed by atoms with E-state index in [2.05, 4.69) is 14.2 Å². The molecule has 1 saturated carbocycles. The van der Waals surface area contributed by atoms with Crippen molar-refractivity contribution in [1.29, 1.82) is 0 Å². The first-order chi connectivity index (χ1) is 8.79. The molecule has 0 unspecified atom stereocenters. The van der Waals surface area contributed by atoms with E-state index in [-0.39, 0.29) is 6.61 Å². The molecule has 0 amide bonds. The van der Waals surface area contributed by atoms with Crippen LogP contribution in [0.15, 0.2) is 0 Å². The maximum atomic E-state index is 8.95. The summed E-state index contributed by atoms with van der Waals surface area (Å²) in [4.78, 5) is 4.72. The van der Waals surface area contributed by atoms with Crippen molar-refractivity contribution in [3.05, 3.63) is 5.56 Å². The van der Waals surface area contributed by atoms with Crippen LogP contribution in [0.5, 0.6) is 0 Å². The fourth-order valence-electron chi connectivity index (χ4n) is 2.60. The highest BCUT2D eigenvalue weighted by Crippen LogP contribution is 2.48.